The predicted octanol–water partition coefficient (Wildman–Crippen LogP) is 1.42. The van der Waals surface area contributed by atoms with Crippen LogP contribution in [0.3, 0.4) is 0 Å². The fourth-order valence-corrected chi connectivity index (χ4v) is 1.71. The third kappa shape index (κ3) is 4.04. The van der Waals surface area contributed by atoms with Crippen molar-refractivity contribution in [1.29, 1.82) is 0 Å². The first-order chi connectivity index (χ1) is 6.36. The van der Waals surface area contributed by atoms with Gasteiger partial charge in [-0.25, -0.2) is 0 Å². The highest BCUT2D eigenvalue weighted by Crippen LogP contribution is 2.10. The van der Waals surface area contributed by atoms with Crippen molar-refractivity contribution in [1.82, 2.24) is 4.90 Å². The SMILES string of the molecule is CCSC#CCN1CC[C@H](OC)C1. The Morgan fingerprint density at radius 2 is 2.46 bits per heavy atom. The Morgan fingerprint density at radius 1 is 1.62 bits per heavy atom. The second kappa shape index (κ2) is 6.31. The summed E-state index contributed by atoms with van der Waals surface area (Å²) >= 11 is 1.68. The van der Waals surface area contributed by atoms with Gasteiger partial charge in [0.2, 0.25) is 0 Å². The van der Waals surface area contributed by atoms with E-state index < -0.39 is 0 Å². The number of nitrogens with zero attached hydrogens (tertiary/aromatic N) is 1. The van der Waals surface area contributed by atoms with Gasteiger partial charge in [0.25, 0.3) is 0 Å². The third-order valence-corrected chi connectivity index (χ3v) is 2.73. The van der Waals surface area contributed by atoms with Crippen LogP contribution in [0.1, 0.15) is 13.3 Å². The Morgan fingerprint density at radius 3 is 3.08 bits per heavy atom. The Balaban J connectivity index is 2.14. The molecule has 1 aliphatic rings. The van der Waals surface area contributed by atoms with Gasteiger partial charge in [0.1, 0.15) is 0 Å². The summed E-state index contributed by atoms with van der Waals surface area (Å²) in [7, 11) is 1.78. The number of likely N-dealkylation sites (tertiary alicyclic amines) is 1. The zero-order valence-electron chi connectivity index (χ0n) is 8.38. The van der Waals surface area contributed by atoms with E-state index in [2.05, 4.69) is 23.0 Å². The molecule has 13 heavy (non-hydrogen) atoms. The van der Waals surface area contributed by atoms with E-state index in [0.29, 0.717) is 6.10 Å². The molecule has 1 fully saturated rings. The summed E-state index contributed by atoms with van der Waals surface area (Å²) in [6.45, 7) is 5.19. The molecule has 1 aliphatic heterocycles. The maximum absolute atomic E-state index is 5.27. The molecule has 0 N–H and O–H groups in total. The number of methoxy groups -OCH3 is 1. The lowest BCUT2D eigenvalue weighted by Crippen LogP contribution is -2.23. The molecule has 1 atom stereocenters. The first-order valence-electron chi connectivity index (χ1n) is 4.71. The summed E-state index contributed by atoms with van der Waals surface area (Å²) in [5.74, 6) is 4.23. The van der Waals surface area contributed by atoms with Crippen molar-refractivity contribution in [3.05, 3.63) is 0 Å². The van der Waals surface area contributed by atoms with Gasteiger partial charge in [0.15, 0.2) is 0 Å². The number of rotatable bonds is 3. The van der Waals surface area contributed by atoms with Gasteiger partial charge in [-0.2, -0.15) is 0 Å². The normalized spacial score (nSPS) is 22.8. The Hall–Kier alpha value is -0.170. The monoisotopic (exact) mass is 199 g/mol. The molecule has 0 amide bonds. The van der Waals surface area contributed by atoms with E-state index in [1.165, 1.54) is 0 Å². The third-order valence-electron chi connectivity index (χ3n) is 2.15. The van der Waals surface area contributed by atoms with Crippen LogP contribution in [0.4, 0.5) is 0 Å². The van der Waals surface area contributed by atoms with E-state index in [-0.39, 0.29) is 0 Å². The molecule has 0 aromatic rings. The van der Waals surface area contributed by atoms with Gasteiger partial charge >= 0.3 is 0 Å². The van der Waals surface area contributed by atoms with Gasteiger partial charge in [-0.05, 0) is 11.7 Å². The molecule has 3 heteroatoms. The van der Waals surface area contributed by atoms with E-state index in [4.69, 9.17) is 4.74 Å². The second-order valence-electron chi connectivity index (χ2n) is 3.09. The summed E-state index contributed by atoms with van der Waals surface area (Å²) in [4.78, 5) is 2.34. The molecule has 0 unspecified atom stereocenters. The molecule has 0 aliphatic carbocycles. The maximum atomic E-state index is 5.27. The van der Waals surface area contributed by atoms with Crippen LogP contribution in [-0.4, -0.2) is 43.5 Å². The first kappa shape index (κ1) is 10.9. The van der Waals surface area contributed by atoms with Crippen LogP contribution in [0.15, 0.2) is 0 Å². The van der Waals surface area contributed by atoms with Gasteiger partial charge in [-0.15, -0.1) is 0 Å². The summed E-state index contributed by atoms with van der Waals surface area (Å²) in [5, 5.41) is 3.08. The lowest BCUT2D eigenvalue weighted by atomic mass is 10.3. The van der Waals surface area contributed by atoms with Gasteiger partial charge < -0.3 is 4.74 Å². The van der Waals surface area contributed by atoms with Crippen molar-refractivity contribution in [2.75, 3.05) is 32.5 Å². The van der Waals surface area contributed by atoms with E-state index in [0.717, 1.165) is 31.8 Å². The minimum absolute atomic E-state index is 0.431. The number of thioether (sulfide) groups is 1. The molecule has 1 heterocycles. The smallest absolute Gasteiger partial charge is 0.0710 e. The quantitative estimate of drug-likeness (QED) is 0.638. The Labute approximate surface area is 85.0 Å². The van der Waals surface area contributed by atoms with Crippen molar-refractivity contribution in [2.24, 2.45) is 0 Å². The van der Waals surface area contributed by atoms with Crippen LogP contribution in [0.2, 0.25) is 0 Å². The molecule has 0 aromatic heterocycles. The lowest BCUT2D eigenvalue weighted by Gasteiger charge is -2.10. The van der Waals surface area contributed by atoms with Crippen molar-refractivity contribution in [3.8, 4) is 11.2 Å². The van der Waals surface area contributed by atoms with E-state index in [1.54, 1.807) is 18.9 Å². The van der Waals surface area contributed by atoms with Crippen LogP contribution < -0.4 is 0 Å². The highest BCUT2D eigenvalue weighted by molar-refractivity contribution is 8.03. The van der Waals surface area contributed by atoms with Crippen molar-refractivity contribution in [2.45, 2.75) is 19.4 Å². The summed E-state index contributed by atoms with van der Waals surface area (Å²) in [6.07, 6.45) is 1.58. The predicted molar refractivity (Wildman–Crippen MR) is 57.8 cm³/mol. The van der Waals surface area contributed by atoms with Crippen LogP contribution in [0.5, 0.6) is 0 Å². The van der Waals surface area contributed by atoms with Gasteiger partial charge in [-0.1, -0.05) is 24.6 Å². The minimum atomic E-state index is 0.431. The van der Waals surface area contributed by atoms with E-state index in [1.807, 2.05) is 0 Å². The Kier molecular flexibility index (Phi) is 5.29. The molecule has 0 aromatic carbocycles. The molecule has 0 spiro atoms. The number of hydrogen-bond acceptors (Lipinski definition) is 3. The second-order valence-corrected chi connectivity index (χ2v) is 4.16. The molecule has 1 rings (SSSR count). The number of ether oxygens (including phenoxy) is 1. The maximum Gasteiger partial charge on any atom is 0.0710 e. The van der Waals surface area contributed by atoms with Crippen LogP contribution in [-0.2, 0) is 4.74 Å². The average molecular weight is 199 g/mol. The molecule has 1 saturated heterocycles. The molecule has 2 nitrogen and oxygen atoms in total. The van der Waals surface area contributed by atoms with Gasteiger partial charge in [0, 0.05) is 26.0 Å². The Bertz CT molecular complexity index is 197. The fraction of sp³-hybridized carbons (Fsp3) is 0.800. The molecular formula is C10H17NOS. The van der Waals surface area contributed by atoms with Gasteiger partial charge in [-0.3, -0.25) is 4.90 Å². The fourth-order valence-electron chi connectivity index (χ4n) is 1.40. The number of hydrogen-bond donors (Lipinski definition) is 0. The highest BCUT2D eigenvalue weighted by atomic mass is 32.2. The van der Waals surface area contributed by atoms with Crippen LogP contribution in [0.25, 0.3) is 0 Å². The average Bonchev–Trinajstić information content (AvgIpc) is 2.60. The van der Waals surface area contributed by atoms with Crippen molar-refractivity contribution in [3.63, 3.8) is 0 Å². The van der Waals surface area contributed by atoms with E-state index in [9.17, 15) is 0 Å². The highest BCUT2D eigenvalue weighted by Gasteiger charge is 2.20. The van der Waals surface area contributed by atoms with Crippen molar-refractivity contribution < 1.29 is 4.74 Å². The van der Waals surface area contributed by atoms with E-state index >= 15 is 0 Å². The molecule has 0 saturated carbocycles. The minimum Gasteiger partial charge on any atom is -0.380 e. The van der Waals surface area contributed by atoms with Gasteiger partial charge in [0.05, 0.1) is 12.6 Å². The van der Waals surface area contributed by atoms with Crippen molar-refractivity contribution >= 4 is 11.8 Å². The topological polar surface area (TPSA) is 12.5 Å². The van der Waals surface area contributed by atoms with Crippen LogP contribution >= 0.6 is 11.8 Å². The summed E-state index contributed by atoms with van der Waals surface area (Å²) in [5.41, 5.74) is 0. The first-order valence-corrected chi connectivity index (χ1v) is 5.70. The largest absolute Gasteiger partial charge is 0.380 e. The molecule has 0 radical (unpaired) electrons. The molecule has 74 valence electrons. The van der Waals surface area contributed by atoms with Crippen LogP contribution in [0, 0.1) is 11.2 Å². The summed E-state index contributed by atoms with van der Waals surface area (Å²) in [6, 6.07) is 0. The molecule has 0 bridgehead atoms. The zero-order valence-corrected chi connectivity index (χ0v) is 9.19. The zero-order chi connectivity index (χ0) is 9.52. The molecular weight excluding hydrogens is 182 g/mol. The summed E-state index contributed by atoms with van der Waals surface area (Å²) < 4.78 is 5.27. The standard InChI is InChI=1S/C10H17NOS/c1-3-13-8-4-6-11-7-5-10(9-11)12-2/h10H,3,5-7,9H2,1-2H3/t10-/m0/s1. The lowest BCUT2D eigenvalue weighted by molar-refractivity contribution is 0.110.